The summed E-state index contributed by atoms with van der Waals surface area (Å²) in [7, 11) is 3.40. The smallest absolute Gasteiger partial charge is 0.119 e. The molecule has 0 amide bonds. The molecule has 4 heteroatoms. The molecule has 0 fully saturated rings. The maximum atomic E-state index is 5.51. The van der Waals surface area contributed by atoms with Crippen LogP contribution in [0.2, 0.25) is 0 Å². The van der Waals surface area contributed by atoms with Crippen molar-refractivity contribution in [2.45, 2.75) is 6.42 Å². The summed E-state index contributed by atoms with van der Waals surface area (Å²) in [4.78, 5) is 2.41. The van der Waals surface area contributed by atoms with Gasteiger partial charge in [-0.25, -0.2) is 0 Å². The molecule has 1 aromatic carbocycles. The van der Waals surface area contributed by atoms with E-state index in [1.54, 1.807) is 14.2 Å². The van der Waals surface area contributed by atoms with Gasteiger partial charge in [-0.1, -0.05) is 18.2 Å². The minimum Gasteiger partial charge on any atom is -0.497 e. The molecule has 0 spiro atoms. The van der Waals surface area contributed by atoms with Crippen LogP contribution in [-0.2, 0) is 9.47 Å². The van der Waals surface area contributed by atoms with Crippen molar-refractivity contribution in [1.29, 1.82) is 0 Å². The highest BCUT2D eigenvalue weighted by atomic mass is 16.5. The first-order valence-corrected chi connectivity index (χ1v) is 7.46. The average Bonchev–Trinajstić information content (AvgIpc) is 2.55. The van der Waals surface area contributed by atoms with E-state index in [1.165, 1.54) is 11.1 Å². The van der Waals surface area contributed by atoms with Crippen LogP contribution in [0.1, 0.15) is 12.0 Å². The highest BCUT2D eigenvalue weighted by Gasteiger charge is 2.13. The molecule has 0 N–H and O–H groups in total. The summed E-state index contributed by atoms with van der Waals surface area (Å²) in [5.41, 5.74) is 2.68. The molecule has 21 heavy (non-hydrogen) atoms. The summed E-state index contributed by atoms with van der Waals surface area (Å²) in [5, 5.41) is 0. The molecule has 0 aromatic heterocycles. The number of nitrogens with zero attached hydrogens (tertiary/aromatic N) is 1. The van der Waals surface area contributed by atoms with Crippen LogP contribution < -0.4 is 4.74 Å². The Kier molecular flexibility index (Phi) is 6.73. The minimum absolute atomic E-state index is 0.667. The SMILES string of the molecule is COCCOCCN1CC=C(c2cccc(OC)c2)CC1. The molecule has 0 radical (unpaired) electrons. The fourth-order valence-corrected chi connectivity index (χ4v) is 2.44. The van der Waals surface area contributed by atoms with E-state index in [0.717, 1.165) is 38.4 Å². The third-order valence-electron chi connectivity index (χ3n) is 3.72. The summed E-state index contributed by atoms with van der Waals surface area (Å²) in [6, 6.07) is 8.29. The molecule has 1 aliphatic rings. The van der Waals surface area contributed by atoms with Gasteiger partial charge in [0.15, 0.2) is 0 Å². The number of hydrogen-bond donors (Lipinski definition) is 0. The first-order valence-electron chi connectivity index (χ1n) is 7.46. The molecular weight excluding hydrogens is 266 g/mol. The Hall–Kier alpha value is -1.36. The van der Waals surface area contributed by atoms with Crippen molar-refractivity contribution in [2.24, 2.45) is 0 Å². The molecular formula is C17H25NO3. The third kappa shape index (κ3) is 5.16. The van der Waals surface area contributed by atoms with Crippen LogP contribution >= 0.6 is 0 Å². The van der Waals surface area contributed by atoms with E-state index in [0.29, 0.717) is 13.2 Å². The molecule has 1 aliphatic heterocycles. The third-order valence-corrected chi connectivity index (χ3v) is 3.72. The van der Waals surface area contributed by atoms with Crippen LogP contribution in [0.25, 0.3) is 5.57 Å². The summed E-state index contributed by atoms with van der Waals surface area (Å²) in [6.07, 6.45) is 3.39. The molecule has 0 saturated carbocycles. The highest BCUT2D eigenvalue weighted by Crippen LogP contribution is 2.25. The summed E-state index contributed by atoms with van der Waals surface area (Å²) in [6.45, 7) is 5.16. The van der Waals surface area contributed by atoms with Gasteiger partial charge in [0, 0.05) is 26.7 Å². The zero-order valence-electron chi connectivity index (χ0n) is 13.0. The largest absolute Gasteiger partial charge is 0.497 e. The van der Waals surface area contributed by atoms with Crippen molar-refractivity contribution in [3.05, 3.63) is 35.9 Å². The van der Waals surface area contributed by atoms with E-state index in [1.807, 2.05) is 12.1 Å². The second kappa shape index (κ2) is 8.82. The van der Waals surface area contributed by atoms with Crippen molar-refractivity contribution < 1.29 is 14.2 Å². The van der Waals surface area contributed by atoms with Crippen LogP contribution in [-0.4, -0.2) is 58.6 Å². The van der Waals surface area contributed by atoms with Crippen molar-refractivity contribution in [2.75, 3.05) is 53.7 Å². The maximum Gasteiger partial charge on any atom is 0.119 e. The Balaban J connectivity index is 1.78. The lowest BCUT2D eigenvalue weighted by molar-refractivity contribution is 0.0586. The maximum absolute atomic E-state index is 5.51. The van der Waals surface area contributed by atoms with Gasteiger partial charge >= 0.3 is 0 Å². The normalized spacial score (nSPS) is 15.8. The van der Waals surface area contributed by atoms with Crippen molar-refractivity contribution in [3.63, 3.8) is 0 Å². The van der Waals surface area contributed by atoms with Gasteiger partial charge in [-0.2, -0.15) is 0 Å². The molecule has 0 bridgehead atoms. The molecule has 0 unspecified atom stereocenters. The van der Waals surface area contributed by atoms with E-state index < -0.39 is 0 Å². The molecule has 116 valence electrons. The van der Waals surface area contributed by atoms with Crippen molar-refractivity contribution in [3.8, 4) is 5.75 Å². The first-order chi connectivity index (χ1) is 10.3. The van der Waals surface area contributed by atoms with Gasteiger partial charge in [-0.15, -0.1) is 0 Å². The summed E-state index contributed by atoms with van der Waals surface area (Å²) < 4.78 is 15.8. The molecule has 0 atom stereocenters. The lowest BCUT2D eigenvalue weighted by Crippen LogP contribution is -2.32. The predicted octanol–water partition coefficient (Wildman–Crippen LogP) is 2.45. The van der Waals surface area contributed by atoms with Crippen LogP contribution in [0, 0.1) is 0 Å². The Morgan fingerprint density at radius 1 is 1.14 bits per heavy atom. The summed E-state index contributed by atoms with van der Waals surface area (Å²) >= 11 is 0. The molecule has 0 saturated heterocycles. The zero-order valence-corrected chi connectivity index (χ0v) is 13.0. The topological polar surface area (TPSA) is 30.9 Å². The van der Waals surface area contributed by atoms with Gasteiger partial charge in [0.2, 0.25) is 0 Å². The van der Waals surface area contributed by atoms with Gasteiger partial charge in [0.25, 0.3) is 0 Å². The fraction of sp³-hybridized carbons (Fsp3) is 0.529. The number of benzene rings is 1. The van der Waals surface area contributed by atoms with Crippen LogP contribution in [0.5, 0.6) is 5.75 Å². The van der Waals surface area contributed by atoms with E-state index >= 15 is 0 Å². The van der Waals surface area contributed by atoms with Gasteiger partial charge < -0.3 is 14.2 Å². The highest BCUT2D eigenvalue weighted by molar-refractivity contribution is 5.67. The van der Waals surface area contributed by atoms with E-state index in [2.05, 4.69) is 23.1 Å². The van der Waals surface area contributed by atoms with E-state index in [-0.39, 0.29) is 0 Å². The van der Waals surface area contributed by atoms with Gasteiger partial charge in [0.05, 0.1) is 26.9 Å². The van der Waals surface area contributed by atoms with Crippen molar-refractivity contribution in [1.82, 2.24) is 4.90 Å². The first kappa shape index (κ1) is 16.0. The molecule has 0 aliphatic carbocycles. The van der Waals surface area contributed by atoms with Gasteiger partial charge in [-0.05, 0) is 29.7 Å². The number of methoxy groups -OCH3 is 2. The van der Waals surface area contributed by atoms with Crippen LogP contribution in [0.3, 0.4) is 0 Å². The lowest BCUT2D eigenvalue weighted by atomic mass is 9.99. The molecule has 4 nitrogen and oxygen atoms in total. The standard InChI is InChI=1S/C17H25NO3/c1-19-12-13-21-11-10-18-8-6-15(7-9-18)16-4-3-5-17(14-16)20-2/h3-6,14H,7-13H2,1-2H3. The van der Waals surface area contributed by atoms with E-state index in [9.17, 15) is 0 Å². The Labute approximate surface area is 127 Å². The summed E-state index contributed by atoms with van der Waals surface area (Å²) in [5.74, 6) is 0.919. The molecule has 1 aromatic rings. The quantitative estimate of drug-likeness (QED) is 0.688. The number of ether oxygens (including phenoxy) is 3. The van der Waals surface area contributed by atoms with Gasteiger partial charge in [0.1, 0.15) is 5.75 Å². The number of rotatable bonds is 8. The molecule has 1 heterocycles. The average molecular weight is 291 g/mol. The Morgan fingerprint density at radius 3 is 2.76 bits per heavy atom. The zero-order chi connectivity index (χ0) is 14.9. The van der Waals surface area contributed by atoms with Gasteiger partial charge in [-0.3, -0.25) is 4.90 Å². The van der Waals surface area contributed by atoms with E-state index in [4.69, 9.17) is 14.2 Å². The van der Waals surface area contributed by atoms with Crippen molar-refractivity contribution >= 4 is 5.57 Å². The number of hydrogen-bond acceptors (Lipinski definition) is 4. The predicted molar refractivity (Wildman–Crippen MR) is 84.7 cm³/mol. The monoisotopic (exact) mass is 291 g/mol. The van der Waals surface area contributed by atoms with Crippen LogP contribution in [0.15, 0.2) is 30.3 Å². The Morgan fingerprint density at radius 2 is 2.05 bits per heavy atom. The minimum atomic E-state index is 0.667. The molecule has 2 rings (SSSR count). The fourth-order valence-electron chi connectivity index (χ4n) is 2.44. The second-order valence-corrected chi connectivity index (χ2v) is 5.12. The van der Waals surface area contributed by atoms with Crippen LogP contribution in [0.4, 0.5) is 0 Å². The lowest BCUT2D eigenvalue weighted by Gasteiger charge is -2.26. The second-order valence-electron chi connectivity index (χ2n) is 5.12. The Bertz CT molecular complexity index is 459.